The lowest BCUT2D eigenvalue weighted by molar-refractivity contribution is -0.122. The van der Waals surface area contributed by atoms with Gasteiger partial charge in [-0.25, -0.2) is 0 Å². The number of hydrogen-bond donors (Lipinski definition) is 1. The van der Waals surface area contributed by atoms with Gasteiger partial charge in [-0.05, 0) is 19.9 Å². The minimum Gasteiger partial charge on any atom is -0.389 e. The molecule has 17 heavy (non-hydrogen) atoms. The Balaban J connectivity index is 2.15. The van der Waals surface area contributed by atoms with Crippen molar-refractivity contribution in [1.29, 1.82) is 0 Å². The van der Waals surface area contributed by atoms with Gasteiger partial charge in [0.15, 0.2) is 0 Å². The first-order valence-electron chi connectivity index (χ1n) is 6.14. The largest absolute Gasteiger partial charge is 0.389 e. The Bertz CT molecular complexity index is 235. The van der Waals surface area contributed by atoms with E-state index >= 15 is 0 Å². The Hall–Kier alpha value is -0.490. The molecule has 100 valence electrons. The fraction of sp³-hybridized carbons (Fsp3) is 0.917. The third-order valence-corrected chi connectivity index (χ3v) is 2.77. The third-order valence-electron chi connectivity index (χ3n) is 2.77. The number of rotatable bonds is 7. The Labute approximate surface area is 103 Å². The molecule has 2 atom stereocenters. The summed E-state index contributed by atoms with van der Waals surface area (Å²) in [4.78, 5) is 13.2. The van der Waals surface area contributed by atoms with Crippen LogP contribution in [-0.4, -0.2) is 68.0 Å². The Kier molecular flexibility index (Phi) is 6.65. The van der Waals surface area contributed by atoms with E-state index < -0.39 is 6.10 Å². The van der Waals surface area contributed by atoms with E-state index in [1.165, 1.54) is 0 Å². The van der Waals surface area contributed by atoms with Crippen LogP contribution < -0.4 is 0 Å². The number of hydrogen-bond acceptors (Lipinski definition) is 5. The highest BCUT2D eigenvalue weighted by atomic mass is 16.5. The molecule has 1 aliphatic rings. The van der Waals surface area contributed by atoms with Crippen molar-refractivity contribution in [2.45, 2.75) is 32.0 Å². The molecule has 0 aromatic carbocycles. The van der Waals surface area contributed by atoms with Gasteiger partial charge in [-0.15, -0.1) is 0 Å². The van der Waals surface area contributed by atoms with Gasteiger partial charge in [0.2, 0.25) is 0 Å². The van der Waals surface area contributed by atoms with Gasteiger partial charge in [0.25, 0.3) is 0 Å². The normalized spacial score (nSPS) is 21.5. The van der Waals surface area contributed by atoms with E-state index in [4.69, 9.17) is 9.47 Å². The van der Waals surface area contributed by atoms with Crippen LogP contribution in [0.2, 0.25) is 0 Å². The van der Waals surface area contributed by atoms with E-state index in [1.807, 2.05) is 11.8 Å². The number of likely N-dealkylation sites (tertiary alicyclic amines) is 1. The van der Waals surface area contributed by atoms with Crippen molar-refractivity contribution in [1.82, 2.24) is 4.90 Å². The van der Waals surface area contributed by atoms with Gasteiger partial charge < -0.3 is 14.6 Å². The predicted octanol–water partition coefficient (Wildman–Crippen LogP) is 0.0637. The number of ketones is 1. The Morgan fingerprint density at radius 1 is 1.47 bits per heavy atom. The van der Waals surface area contributed by atoms with Crippen LogP contribution in [0, 0.1) is 0 Å². The van der Waals surface area contributed by atoms with E-state index in [1.54, 1.807) is 7.11 Å². The summed E-state index contributed by atoms with van der Waals surface area (Å²) in [5, 5.41) is 9.79. The summed E-state index contributed by atoms with van der Waals surface area (Å²) in [5.74, 6) is 0.261. The molecule has 0 saturated carbocycles. The molecule has 5 nitrogen and oxygen atoms in total. The summed E-state index contributed by atoms with van der Waals surface area (Å²) in [7, 11) is 1.62. The number of methoxy groups -OCH3 is 1. The predicted molar refractivity (Wildman–Crippen MR) is 64.0 cm³/mol. The van der Waals surface area contributed by atoms with Crippen LogP contribution in [0.3, 0.4) is 0 Å². The van der Waals surface area contributed by atoms with Crippen molar-refractivity contribution in [3.8, 4) is 0 Å². The van der Waals surface area contributed by atoms with Crippen LogP contribution >= 0.6 is 0 Å². The van der Waals surface area contributed by atoms with Gasteiger partial charge >= 0.3 is 0 Å². The third kappa shape index (κ3) is 6.12. The van der Waals surface area contributed by atoms with Crippen molar-refractivity contribution >= 4 is 5.78 Å². The summed E-state index contributed by atoms with van der Waals surface area (Å²) in [6.45, 7) is 4.57. The molecule has 1 saturated heterocycles. The van der Waals surface area contributed by atoms with Crippen molar-refractivity contribution < 1.29 is 19.4 Å². The number of β-amino-alcohol motifs (C(OH)–C–C–N with tert-alkyl or cyclic N) is 1. The second kappa shape index (κ2) is 7.76. The van der Waals surface area contributed by atoms with Gasteiger partial charge in [0, 0.05) is 20.1 Å². The number of nitrogens with zero attached hydrogens (tertiary/aromatic N) is 1. The first-order chi connectivity index (χ1) is 8.11. The van der Waals surface area contributed by atoms with Gasteiger partial charge in [0.1, 0.15) is 5.78 Å². The second-order valence-electron chi connectivity index (χ2n) is 4.63. The zero-order valence-corrected chi connectivity index (χ0v) is 10.7. The minimum atomic E-state index is -0.541. The first-order valence-corrected chi connectivity index (χ1v) is 6.14. The average molecular weight is 245 g/mol. The summed E-state index contributed by atoms with van der Waals surface area (Å²) in [5.41, 5.74) is 0. The molecule has 2 unspecified atom stereocenters. The van der Waals surface area contributed by atoms with E-state index in [2.05, 4.69) is 0 Å². The number of piperidine rings is 1. The lowest BCUT2D eigenvalue weighted by Gasteiger charge is -2.28. The maximum atomic E-state index is 11.2. The Morgan fingerprint density at radius 2 is 2.24 bits per heavy atom. The van der Waals surface area contributed by atoms with Crippen LogP contribution in [0.4, 0.5) is 0 Å². The SMILES string of the molecule is COCC(C)OCC(O)CN1CCCC(=O)C1. The molecular formula is C12H23NO4. The van der Waals surface area contributed by atoms with Crippen LogP contribution in [0.15, 0.2) is 0 Å². The van der Waals surface area contributed by atoms with E-state index in [-0.39, 0.29) is 18.5 Å². The van der Waals surface area contributed by atoms with Gasteiger partial charge in [-0.3, -0.25) is 9.69 Å². The zero-order chi connectivity index (χ0) is 12.7. The molecule has 0 aromatic heterocycles. The topological polar surface area (TPSA) is 59.0 Å². The number of carbonyl (C=O) groups is 1. The second-order valence-corrected chi connectivity index (χ2v) is 4.63. The average Bonchev–Trinajstić information content (AvgIpc) is 2.27. The summed E-state index contributed by atoms with van der Waals surface area (Å²) < 4.78 is 10.4. The van der Waals surface area contributed by atoms with Crippen LogP contribution in [0.25, 0.3) is 0 Å². The van der Waals surface area contributed by atoms with E-state index in [0.29, 0.717) is 26.1 Å². The molecule has 1 aliphatic heterocycles. The van der Waals surface area contributed by atoms with E-state index in [0.717, 1.165) is 13.0 Å². The number of Topliss-reactive ketones (excluding diaryl/α,β-unsaturated/α-hetero) is 1. The van der Waals surface area contributed by atoms with Gasteiger partial charge in [-0.2, -0.15) is 0 Å². The fourth-order valence-corrected chi connectivity index (χ4v) is 1.97. The molecule has 0 amide bonds. The summed E-state index contributed by atoms with van der Waals surface area (Å²) in [6.07, 6.45) is 1.01. The molecule has 1 heterocycles. The highest BCUT2D eigenvalue weighted by molar-refractivity contribution is 5.81. The maximum absolute atomic E-state index is 11.2. The standard InChI is InChI=1S/C12H23NO4/c1-10(8-16-2)17-9-12(15)7-13-5-3-4-11(14)6-13/h10,12,15H,3-9H2,1-2H3. The van der Waals surface area contributed by atoms with Gasteiger partial charge in [0.05, 0.1) is 32.0 Å². The molecule has 1 rings (SSSR count). The molecular weight excluding hydrogens is 222 g/mol. The lowest BCUT2D eigenvalue weighted by atomic mass is 10.1. The van der Waals surface area contributed by atoms with Crippen molar-refractivity contribution in [2.24, 2.45) is 0 Å². The molecule has 1 fully saturated rings. The molecule has 0 radical (unpaired) electrons. The van der Waals surface area contributed by atoms with Crippen molar-refractivity contribution in [3.63, 3.8) is 0 Å². The molecule has 0 bridgehead atoms. The molecule has 5 heteroatoms. The monoisotopic (exact) mass is 245 g/mol. The zero-order valence-electron chi connectivity index (χ0n) is 10.7. The van der Waals surface area contributed by atoms with Crippen LogP contribution in [0.5, 0.6) is 0 Å². The number of aliphatic hydroxyl groups excluding tert-OH is 1. The summed E-state index contributed by atoms with van der Waals surface area (Å²) in [6, 6.07) is 0. The van der Waals surface area contributed by atoms with E-state index in [9.17, 15) is 9.90 Å². The molecule has 0 spiro atoms. The van der Waals surface area contributed by atoms with Crippen molar-refractivity contribution in [2.75, 3.05) is 40.0 Å². The fourth-order valence-electron chi connectivity index (χ4n) is 1.97. The first kappa shape index (κ1) is 14.6. The number of aliphatic hydroxyl groups is 1. The Morgan fingerprint density at radius 3 is 2.88 bits per heavy atom. The summed E-state index contributed by atoms with van der Waals surface area (Å²) >= 11 is 0. The molecule has 1 N–H and O–H groups in total. The highest BCUT2D eigenvalue weighted by Crippen LogP contribution is 2.06. The minimum absolute atomic E-state index is 0.0161. The van der Waals surface area contributed by atoms with Gasteiger partial charge in [-0.1, -0.05) is 0 Å². The maximum Gasteiger partial charge on any atom is 0.146 e. The van der Waals surface area contributed by atoms with Crippen molar-refractivity contribution in [3.05, 3.63) is 0 Å². The number of carbonyl (C=O) groups excluding carboxylic acids is 1. The lowest BCUT2D eigenvalue weighted by Crippen LogP contribution is -2.42. The smallest absolute Gasteiger partial charge is 0.146 e. The number of ether oxygens (including phenoxy) is 2. The molecule has 0 aromatic rings. The molecule has 0 aliphatic carbocycles. The quantitative estimate of drug-likeness (QED) is 0.687. The van der Waals surface area contributed by atoms with Crippen LogP contribution in [0.1, 0.15) is 19.8 Å². The van der Waals surface area contributed by atoms with Crippen LogP contribution in [-0.2, 0) is 14.3 Å². The highest BCUT2D eigenvalue weighted by Gasteiger charge is 2.19.